The molecule has 0 spiro atoms. The molecule has 2 unspecified atom stereocenters. The molecule has 0 aliphatic carbocycles. The standard InChI is InChI=1S/C28H33N3O7/c1-7-31(24(21-11-9-8-10-18(21)2)25(34)29-17-23(33)37-6)26(35)22(30-27(36)38-28(3,4)5)16-19-12-14-20(32)15-13-19/h1,8-15,22,24,32H,16-17H2,2-6H3,(H,29,34)(H,30,36). The first kappa shape index (κ1) is 29.7. The van der Waals surface area contributed by atoms with E-state index in [9.17, 15) is 24.3 Å². The molecule has 2 atom stereocenters. The van der Waals surface area contributed by atoms with E-state index < -0.39 is 48.1 Å². The maximum atomic E-state index is 13.9. The van der Waals surface area contributed by atoms with Crippen molar-refractivity contribution in [1.29, 1.82) is 0 Å². The number of ether oxygens (including phenoxy) is 2. The third-order valence-electron chi connectivity index (χ3n) is 5.37. The highest BCUT2D eigenvalue weighted by molar-refractivity contribution is 5.94. The number of amides is 3. The van der Waals surface area contributed by atoms with Crippen LogP contribution in [0.25, 0.3) is 0 Å². The van der Waals surface area contributed by atoms with Gasteiger partial charge in [-0.3, -0.25) is 19.3 Å². The number of rotatable bonds is 9. The van der Waals surface area contributed by atoms with Gasteiger partial charge in [0.25, 0.3) is 5.91 Å². The molecule has 10 nitrogen and oxygen atoms in total. The quantitative estimate of drug-likeness (QED) is 0.261. The Bertz CT molecular complexity index is 1200. The van der Waals surface area contributed by atoms with Crippen molar-refractivity contribution in [1.82, 2.24) is 15.5 Å². The number of carbonyl (C=O) groups is 4. The van der Waals surface area contributed by atoms with Crippen LogP contribution in [0, 0.1) is 19.4 Å². The maximum Gasteiger partial charge on any atom is 0.408 e. The van der Waals surface area contributed by atoms with Crippen LogP contribution in [-0.2, 0) is 30.3 Å². The van der Waals surface area contributed by atoms with Gasteiger partial charge in [0.1, 0.15) is 30.0 Å². The normalized spacial score (nSPS) is 12.3. The third kappa shape index (κ3) is 8.55. The molecule has 0 fully saturated rings. The molecule has 0 radical (unpaired) electrons. The molecule has 0 aromatic heterocycles. The fourth-order valence-electron chi connectivity index (χ4n) is 3.57. The van der Waals surface area contributed by atoms with Gasteiger partial charge in [-0.15, -0.1) is 0 Å². The summed E-state index contributed by atoms with van der Waals surface area (Å²) in [5, 5.41) is 14.6. The van der Waals surface area contributed by atoms with E-state index >= 15 is 0 Å². The second-order valence-electron chi connectivity index (χ2n) is 9.46. The lowest BCUT2D eigenvalue weighted by molar-refractivity contribution is -0.142. The molecular formula is C28H33N3O7. The number of nitrogens with one attached hydrogen (secondary N) is 2. The van der Waals surface area contributed by atoms with Crippen LogP contribution in [0.5, 0.6) is 5.75 Å². The first-order valence-corrected chi connectivity index (χ1v) is 11.8. The zero-order valence-corrected chi connectivity index (χ0v) is 22.1. The van der Waals surface area contributed by atoms with E-state index in [2.05, 4.69) is 21.4 Å². The molecule has 3 amide bonds. The average molecular weight is 524 g/mol. The van der Waals surface area contributed by atoms with Crippen molar-refractivity contribution in [3.63, 3.8) is 0 Å². The van der Waals surface area contributed by atoms with Crippen LogP contribution in [0.3, 0.4) is 0 Å². The Hall–Kier alpha value is -4.52. The molecule has 3 N–H and O–H groups in total. The molecular weight excluding hydrogens is 490 g/mol. The number of esters is 1. The van der Waals surface area contributed by atoms with Gasteiger partial charge < -0.3 is 25.2 Å². The summed E-state index contributed by atoms with van der Waals surface area (Å²) < 4.78 is 9.92. The van der Waals surface area contributed by atoms with Gasteiger partial charge in [-0.05, 0) is 56.5 Å². The first-order chi connectivity index (χ1) is 17.9. The summed E-state index contributed by atoms with van der Waals surface area (Å²) in [6.07, 6.45) is 4.91. The monoisotopic (exact) mass is 523 g/mol. The summed E-state index contributed by atoms with van der Waals surface area (Å²) in [4.78, 5) is 52.3. The molecule has 2 rings (SSSR count). The number of aryl methyl sites for hydroxylation is 1. The van der Waals surface area contributed by atoms with Gasteiger partial charge in [0.05, 0.1) is 7.11 Å². The Balaban J connectivity index is 2.49. The zero-order chi connectivity index (χ0) is 28.5. The lowest BCUT2D eigenvalue weighted by atomic mass is 9.97. The van der Waals surface area contributed by atoms with Crippen molar-refractivity contribution in [3.8, 4) is 18.2 Å². The Kier molecular flexibility index (Phi) is 10.3. The second kappa shape index (κ2) is 13.1. The number of hydrogen-bond acceptors (Lipinski definition) is 7. The largest absolute Gasteiger partial charge is 0.508 e. The van der Waals surface area contributed by atoms with Crippen molar-refractivity contribution in [2.75, 3.05) is 13.7 Å². The average Bonchev–Trinajstić information content (AvgIpc) is 2.85. The number of phenols is 1. The number of methoxy groups -OCH3 is 1. The van der Waals surface area contributed by atoms with Gasteiger partial charge in [-0.2, -0.15) is 0 Å². The summed E-state index contributed by atoms with van der Waals surface area (Å²) in [6, 6.07) is 12.7. The van der Waals surface area contributed by atoms with E-state index in [0.29, 0.717) is 16.7 Å². The van der Waals surface area contributed by atoms with Crippen LogP contribution in [0.1, 0.15) is 43.5 Å². The third-order valence-corrected chi connectivity index (χ3v) is 5.37. The topological polar surface area (TPSA) is 134 Å². The molecule has 2 aromatic rings. The van der Waals surface area contributed by atoms with Crippen LogP contribution >= 0.6 is 0 Å². The van der Waals surface area contributed by atoms with Crippen LogP contribution in [0.2, 0.25) is 0 Å². The number of hydrogen-bond donors (Lipinski definition) is 3. The predicted molar refractivity (Wildman–Crippen MR) is 140 cm³/mol. The Morgan fingerprint density at radius 2 is 1.71 bits per heavy atom. The predicted octanol–water partition coefficient (Wildman–Crippen LogP) is 2.59. The molecule has 0 aliphatic rings. The number of phenolic OH excluding ortho intramolecular Hbond substituents is 1. The fraction of sp³-hybridized carbons (Fsp3) is 0.357. The van der Waals surface area contributed by atoms with E-state index in [1.807, 2.05) is 0 Å². The molecule has 0 aliphatic heterocycles. The summed E-state index contributed by atoms with van der Waals surface area (Å²) in [7, 11) is 1.18. The minimum absolute atomic E-state index is 0.0131. The molecule has 0 saturated carbocycles. The minimum Gasteiger partial charge on any atom is -0.508 e. The van der Waals surface area contributed by atoms with Crippen molar-refractivity contribution < 1.29 is 33.8 Å². The van der Waals surface area contributed by atoms with Gasteiger partial charge >= 0.3 is 12.1 Å². The number of alkyl carbamates (subject to hydrolysis) is 1. The summed E-state index contributed by atoms with van der Waals surface area (Å²) in [6.45, 7) is 6.35. The lowest BCUT2D eigenvalue weighted by Gasteiger charge is -2.31. The molecule has 2 aromatic carbocycles. The van der Waals surface area contributed by atoms with Gasteiger partial charge in [0, 0.05) is 12.5 Å². The zero-order valence-electron chi connectivity index (χ0n) is 22.1. The lowest BCUT2D eigenvalue weighted by Crippen LogP contribution is -2.52. The van der Waals surface area contributed by atoms with E-state index in [0.717, 1.165) is 4.90 Å². The number of aromatic hydroxyl groups is 1. The number of terminal acetylenes is 1. The molecule has 38 heavy (non-hydrogen) atoms. The van der Waals surface area contributed by atoms with Crippen molar-refractivity contribution in [2.45, 2.75) is 51.8 Å². The SMILES string of the molecule is C#CN(C(=O)C(Cc1ccc(O)cc1)NC(=O)OC(C)(C)C)C(C(=O)NCC(=O)OC)c1ccccc1C. The molecule has 0 bridgehead atoms. The number of nitrogens with zero attached hydrogens (tertiary/aromatic N) is 1. The van der Waals surface area contributed by atoms with Crippen LogP contribution in [0.4, 0.5) is 4.79 Å². The van der Waals surface area contributed by atoms with Gasteiger partial charge in [0.2, 0.25) is 5.91 Å². The van der Waals surface area contributed by atoms with Crippen LogP contribution in [-0.4, -0.2) is 59.2 Å². The van der Waals surface area contributed by atoms with E-state index in [1.54, 1.807) is 64.1 Å². The molecule has 202 valence electrons. The number of carbonyl (C=O) groups excluding carboxylic acids is 4. The smallest absolute Gasteiger partial charge is 0.408 e. The molecule has 10 heteroatoms. The summed E-state index contributed by atoms with van der Waals surface area (Å²) in [5.41, 5.74) is 0.881. The van der Waals surface area contributed by atoms with Gasteiger partial charge in [-0.25, -0.2) is 4.79 Å². The van der Waals surface area contributed by atoms with Crippen LogP contribution in [0.15, 0.2) is 48.5 Å². The maximum absolute atomic E-state index is 13.9. The molecule has 0 saturated heterocycles. The number of benzene rings is 2. The highest BCUT2D eigenvalue weighted by atomic mass is 16.6. The summed E-state index contributed by atoms with van der Waals surface area (Å²) >= 11 is 0. The minimum atomic E-state index is -1.32. The molecule has 0 heterocycles. The van der Waals surface area contributed by atoms with Gasteiger partial charge in [-0.1, -0.05) is 42.8 Å². The first-order valence-electron chi connectivity index (χ1n) is 11.8. The van der Waals surface area contributed by atoms with Crippen molar-refractivity contribution >= 4 is 23.9 Å². The highest BCUT2D eigenvalue weighted by Crippen LogP contribution is 2.25. The fourth-order valence-corrected chi connectivity index (χ4v) is 3.57. The Morgan fingerprint density at radius 1 is 1.08 bits per heavy atom. The van der Waals surface area contributed by atoms with Crippen molar-refractivity contribution in [3.05, 3.63) is 65.2 Å². The highest BCUT2D eigenvalue weighted by Gasteiger charge is 2.36. The summed E-state index contributed by atoms with van der Waals surface area (Å²) in [5.74, 6) is -2.12. The Labute approximate surface area is 222 Å². The van der Waals surface area contributed by atoms with Gasteiger partial charge in [0.15, 0.2) is 0 Å². The van der Waals surface area contributed by atoms with E-state index in [1.165, 1.54) is 19.2 Å². The second-order valence-corrected chi connectivity index (χ2v) is 9.46. The van der Waals surface area contributed by atoms with E-state index in [-0.39, 0.29) is 12.2 Å². The van der Waals surface area contributed by atoms with Crippen LogP contribution < -0.4 is 10.6 Å². The Morgan fingerprint density at radius 3 is 2.26 bits per heavy atom. The van der Waals surface area contributed by atoms with Crippen molar-refractivity contribution in [2.24, 2.45) is 0 Å². The van der Waals surface area contributed by atoms with E-state index in [4.69, 9.17) is 11.2 Å².